The Morgan fingerprint density at radius 3 is 2.60 bits per heavy atom. The van der Waals surface area contributed by atoms with Crippen LogP contribution in [0, 0.1) is 0 Å². The summed E-state index contributed by atoms with van der Waals surface area (Å²) in [6.45, 7) is 5.75. The topological polar surface area (TPSA) is 47.4 Å². The summed E-state index contributed by atoms with van der Waals surface area (Å²) < 4.78 is 34.2. The summed E-state index contributed by atoms with van der Waals surface area (Å²) in [5, 5.41) is 4.06. The van der Waals surface area contributed by atoms with Crippen LogP contribution in [0.2, 0.25) is 0 Å². The molecule has 0 fully saturated rings. The molecule has 0 bridgehead atoms. The molecule has 2 aromatic rings. The van der Waals surface area contributed by atoms with Gasteiger partial charge in [0, 0.05) is 30.9 Å². The number of anilines is 1. The molecular formula is C18H21F2N3O2. The lowest BCUT2D eigenvalue weighted by molar-refractivity contribution is 0.0583. The first-order chi connectivity index (χ1) is 11.7. The molecule has 0 radical (unpaired) electrons. The molecule has 0 saturated carbocycles. The molecule has 1 aromatic carbocycles. The predicted molar refractivity (Wildman–Crippen MR) is 90.9 cm³/mol. The van der Waals surface area contributed by atoms with Crippen molar-refractivity contribution in [1.29, 1.82) is 0 Å². The average molecular weight is 349 g/mol. The van der Waals surface area contributed by atoms with Crippen molar-refractivity contribution in [1.82, 2.24) is 9.78 Å². The number of ether oxygens (including phenoxy) is 1. The Hall–Kier alpha value is -2.44. The molecule has 0 atom stereocenters. The third-order valence-electron chi connectivity index (χ3n) is 4.01. The molecule has 0 saturated heterocycles. The fourth-order valence-electron chi connectivity index (χ4n) is 2.95. The summed E-state index contributed by atoms with van der Waals surface area (Å²) in [5.41, 5.74) is 1.69. The van der Waals surface area contributed by atoms with E-state index in [4.69, 9.17) is 4.74 Å². The van der Waals surface area contributed by atoms with Crippen LogP contribution in [0.3, 0.4) is 0 Å². The minimum Gasteiger partial charge on any atom is -0.443 e. The maximum absolute atomic E-state index is 13.6. The van der Waals surface area contributed by atoms with E-state index in [1.165, 1.54) is 11.0 Å². The van der Waals surface area contributed by atoms with Crippen molar-refractivity contribution < 1.29 is 18.3 Å². The van der Waals surface area contributed by atoms with Crippen LogP contribution >= 0.6 is 0 Å². The number of aromatic nitrogens is 2. The summed E-state index contributed by atoms with van der Waals surface area (Å²) >= 11 is 0. The maximum atomic E-state index is 13.6. The minimum absolute atomic E-state index is 0.109. The van der Waals surface area contributed by atoms with E-state index >= 15 is 0 Å². The first-order valence-electron chi connectivity index (χ1n) is 8.10. The summed E-state index contributed by atoms with van der Waals surface area (Å²) in [4.78, 5) is 13.8. The van der Waals surface area contributed by atoms with Crippen LogP contribution in [0.15, 0.2) is 24.5 Å². The van der Waals surface area contributed by atoms with Gasteiger partial charge in [-0.2, -0.15) is 5.10 Å². The zero-order valence-corrected chi connectivity index (χ0v) is 14.7. The lowest BCUT2D eigenvalue weighted by Crippen LogP contribution is -2.35. The predicted octanol–water partition coefficient (Wildman–Crippen LogP) is 4.32. The molecule has 1 aliphatic heterocycles. The summed E-state index contributed by atoms with van der Waals surface area (Å²) in [6.07, 6.45) is 0.704. The second-order valence-corrected chi connectivity index (χ2v) is 7.15. The van der Waals surface area contributed by atoms with Crippen LogP contribution in [0.1, 0.15) is 38.3 Å². The maximum Gasteiger partial charge on any atom is 0.414 e. The molecule has 1 aliphatic rings. The third kappa shape index (κ3) is 3.50. The Morgan fingerprint density at radius 2 is 2.04 bits per heavy atom. The Balaban J connectivity index is 2.02. The lowest BCUT2D eigenvalue weighted by atomic mass is 9.98. The van der Waals surface area contributed by atoms with Crippen LogP contribution in [0.4, 0.5) is 19.3 Å². The molecule has 0 unspecified atom stereocenters. The van der Waals surface area contributed by atoms with Crippen molar-refractivity contribution in [3.63, 3.8) is 0 Å². The molecule has 2 heterocycles. The highest BCUT2D eigenvalue weighted by atomic mass is 19.3. The monoisotopic (exact) mass is 349 g/mol. The van der Waals surface area contributed by atoms with Gasteiger partial charge in [0.25, 0.3) is 6.43 Å². The number of carbonyl (C=O) groups is 1. The first-order valence-corrected chi connectivity index (χ1v) is 8.10. The Morgan fingerprint density at radius 1 is 1.32 bits per heavy atom. The number of benzene rings is 1. The molecule has 0 N–H and O–H groups in total. The van der Waals surface area contributed by atoms with E-state index in [2.05, 4.69) is 5.10 Å². The van der Waals surface area contributed by atoms with Crippen LogP contribution < -0.4 is 4.90 Å². The largest absolute Gasteiger partial charge is 0.443 e. The van der Waals surface area contributed by atoms with Crippen molar-refractivity contribution in [3.8, 4) is 11.1 Å². The summed E-state index contributed by atoms with van der Waals surface area (Å²) in [6, 6.07) is 3.14. The van der Waals surface area contributed by atoms with Crippen LogP contribution in [0.25, 0.3) is 11.1 Å². The number of hydrogen-bond donors (Lipinski definition) is 0. The summed E-state index contributed by atoms with van der Waals surface area (Å²) in [7, 11) is 1.74. The quantitative estimate of drug-likeness (QED) is 0.811. The highest BCUT2D eigenvalue weighted by Crippen LogP contribution is 2.39. The SMILES string of the molecule is Cn1cc(-c2cc3c(cc2C(F)F)N(C(=O)OC(C)(C)C)CC3)cn1. The number of aryl methyl sites for hydroxylation is 1. The third-order valence-corrected chi connectivity index (χ3v) is 4.01. The van der Waals surface area contributed by atoms with Gasteiger partial charge in [-0.05, 0) is 50.5 Å². The van der Waals surface area contributed by atoms with Crippen molar-refractivity contribution in [2.75, 3.05) is 11.4 Å². The van der Waals surface area contributed by atoms with Crippen LogP contribution in [-0.4, -0.2) is 28.0 Å². The number of amides is 1. The van der Waals surface area contributed by atoms with Gasteiger partial charge in [-0.25, -0.2) is 13.6 Å². The number of carbonyl (C=O) groups excluding carboxylic acids is 1. The van der Waals surface area contributed by atoms with Gasteiger partial charge in [0.15, 0.2) is 0 Å². The standard InChI is InChI=1S/C18H21F2N3O2/c1-18(2,3)25-17(24)23-6-5-11-7-13(12-9-21-22(4)10-12)14(16(19)20)8-15(11)23/h7-10,16H,5-6H2,1-4H3. The van der Waals surface area contributed by atoms with E-state index in [1.807, 2.05) is 0 Å². The molecule has 5 nitrogen and oxygen atoms in total. The van der Waals surface area contributed by atoms with E-state index in [1.54, 1.807) is 51.0 Å². The zero-order chi connectivity index (χ0) is 18.4. The summed E-state index contributed by atoms with van der Waals surface area (Å²) in [5.74, 6) is 0. The number of fused-ring (bicyclic) bond motifs is 1. The minimum atomic E-state index is -2.65. The number of hydrogen-bond acceptors (Lipinski definition) is 3. The normalized spacial score (nSPS) is 14.1. The van der Waals surface area contributed by atoms with Crippen LogP contribution in [0.5, 0.6) is 0 Å². The highest BCUT2D eigenvalue weighted by Gasteiger charge is 2.31. The molecule has 3 rings (SSSR count). The highest BCUT2D eigenvalue weighted by molar-refractivity contribution is 5.92. The van der Waals surface area contributed by atoms with E-state index in [9.17, 15) is 13.6 Å². The molecule has 1 aromatic heterocycles. The second-order valence-electron chi connectivity index (χ2n) is 7.15. The van der Waals surface area contributed by atoms with Gasteiger partial charge in [0.05, 0.1) is 11.9 Å². The number of rotatable bonds is 2. The molecule has 7 heteroatoms. The number of halogens is 2. The van der Waals surface area contributed by atoms with E-state index in [-0.39, 0.29) is 5.56 Å². The van der Waals surface area contributed by atoms with E-state index < -0.39 is 18.1 Å². The molecule has 134 valence electrons. The molecule has 0 aliphatic carbocycles. The Bertz CT molecular complexity index is 809. The Labute approximate surface area is 145 Å². The van der Waals surface area contributed by atoms with Gasteiger partial charge < -0.3 is 4.74 Å². The van der Waals surface area contributed by atoms with Crippen molar-refractivity contribution in [2.24, 2.45) is 7.05 Å². The van der Waals surface area contributed by atoms with Gasteiger partial charge >= 0.3 is 6.09 Å². The van der Waals surface area contributed by atoms with Crippen LogP contribution in [-0.2, 0) is 18.2 Å². The zero-order valence-electron chi connectivity index (χ0n) is 14.7. The molecular weight excluding hydrogens is 328 g/mol. The van der Waals surface area contributed by atoms with Crippen molar-refractivity contribution >= 4 is 11.8 Å². The fraction of sp³-hybridized carbons (Fsp3) is 0.444. The van der Waals surface area contributed by atoms with Crippen molar-refractivity contribution in [2.45, 2.75) is 39.2 Å². The first kappa shape index (κ1) is 17.4. The Kier molecular flexibility index (Phi) is 4.26. The molecule has 25 heavy (non-hydrogen) atoms. The van der Waals surface area contributed by atoms with Gasteiger partial charge in [-0.3, -0.25) is 9.58 Å². The average Bonchev–Trinajstić information content (AvgIpc) is 3.09. The second kappa shape index (κ2) is 6.13. The number of nitrogens with zero attached hydrogens (tertiary/aromatic N) is 3. The van der Waals surface area contributed by atoms with Gasteiger partial charge in [0.1, 0.15) is 5.60 Å². The van der Waals surface area contributed by atoms with Crippen molar-refractivity contribution in [3.05, 3.63) is 35.7 Å². The van der Waals surface area contributed by atoms with Gasteiger partial charge in [0.2, 0.25) is 0 Å². The van der Waals surface area contributed by atoms with Gasteiger partial charge in [-0.1, -0.05) is 0 Å². The van der Waals surface area contributed by atoms with E-state index in [0.29, 0.717) is 29.8 Å². The van der Waals surface area contributed by atoms with Gasteiger partial charge in [-0.15, -0.1) is 0 Å². The molecule has 1 amide bonds. The lowest BCUT2D eigenvalue weighted by Gasteiger charge is -2.25. The van der Waals surface area contributed by atoms with E-state index in [0.717, 1.165) is 5.56 Å². The molecule has 0 spiro atoms. The fourth-order valence-corrected chi connectivity index (χ4v) is 2.95. The smallest absolute Gasteiger partial charge is 0.414 e. The number of alkyl halides is 2.